The number of benzene rings is 2. The minimum atomic E-state index is -3.49. The van der Waals surface area contributed by atoms with Crippen LogP contribution in [0.2, 0.25) is 0 Å². The highest BCUT2D eigenvalue weighted by atomic mass is 32.2. The summed E-state index contributed by atoms with van der Waals surface area (Å²) in [6.07, 6.45) is 2.92. The minimum absolute atomic E-state index is 0.217. The fourth-order valence-corrected chi connectivity index (χ4v) is 3.73. The van der Waals surface area contributed by atoms with Crippen molar-refractivity contribution in [1.82, 2.24) is 4.72 Å². The molecule has 0 amide bonds. The molecule has 2 unspecified atom stereocenters. The van der Waals surface area contributed by atoms with E-state index in [0.29, 0.717) is 4.90 Å². The first kappa shape index (κ1) is 20.2. The van der Waals surface area contributed by atoms with Gasteiger partial charge in [0.2, 0.25) is 0 Å². The molecule has 2 atom stereocenters. The molecule has 0 heterocycles. The number of halogens is 2. The lowest BCUT2D eigenvalue weighted by Crippen LogP contribution is -2.30. The van der Waals surface area contributed by atoms with Crippen LogP contribution in [0.3, 0.4) is 0 Å². The van der Waals surface area contributed by atoms with Gasteiger partial charge in [-0.2, -0.15) is 14.0 Å². The van der Waals surface area contributed by atoms with Crippen LogP contribution >= 0.6 is 0 Å². The summed E-state index contributed by atoms with van der Waals surface area (Å²) in [5, 5.41) is 8.50. The van der Waals surface area contributed by atoms with Gasteiger partial charge in [0.15, 0.2) is 0 Å². The Kier molecular flexibility index (Phi) is 7.01. The van der Waals surface area contributed by atoms with Gasteiger partial charge in [-0.05, 0) is 36.1 Å². The average molecular weight is 376 g/mol. The van der Waals surface area contributed by atoms with E-state index in [-0.39, 0.29) is 11.6 Å². The van der Waals surface area contributed by atoms with Crippen LogP contribution in [0.15, 0.2) is 53.4 Å². The van der Waals surface area contributed by atoms with E-state index in [4.69, 9.17) is 5.26 Å². The zero-order valence-electron chi connectivity index (χ0n) is 14.8. The Balaban J connectivity index is 2.12. The molecule has 3 nitrogen and oxygen atoms in total. The van der Waals surface area contributed by atoms with Gasteiger partial charge in [-0.1, -0.05) is 56.7 Å². The molecular formula is C20H22F2N2OS. The quantitative estimate of drug-likeness (QED) is 0.692. The molecule has 6 heteroatoms. The van der Waals surface area contributed by atoms with Crippen LogP contribution in [0.4, 0.5) is 8.78 Å². The van der Waals surface area contributed by atoms with Gasteiger partial charge in [-0.3, -0.25) is 0 Å². The van der Waals surface area contributed by atoms with Crippen LogP contribution < -0.4 is 4.72 Å². The molecule has 2 aromatic carbocycles. The molecule has 0 aliphatic heterocycles. The van der Waals surface area contributed by atoms with Gasteiger partial charge in [0.1, 0.15) is 17.1 Å². The van der Waals surface area contributed by atoms with Crippen molar-refractivity contribution < 1.29 is 13.0 Å². The zero-order chi connectivity index (χ0) is 19.2. The third-order valence-electron chi connectivity index (χ3n) is 4.19. The summed E-state index contributed by atoms with van der Waals surface area (Å²) in [6.45, 7) is 4.16. The van der Waals surface area contributed by atoms with Gasteiger partial charge in [-0.15, -0.1) is 0 Å². The third-order valence-corrected chi connectivity index (χ3v) is 5.44. The molecule has 1 N–H and O–H groups in total. The van der Waals surface area contributed by atoms with Crippen molar-refractivity contribution >= 4 is 11.0 Å². The topological polar surface area (TPSA) is 52.9 Å². The van der Waals surface area contributed by atoms with Crippen LogP contribution in [0.25, 0.3) is 11.1 Å². The maximum Gasteiger partial charge on any atom is 0.357 e. The predicted molar refractivity (Wildman–Crippen MR) is 99.9 cm³/mol. The normalized spacial score (nSPS) is 13.8. The van der Waals surface area contributed by atoms with E-state index < -0.39 is 16.9 Å². The Hall–Kier alpha value is -2.10. The van der Waals surface area contributed by atoms with Crippen molar-refractivity contribution in [3.63, 3.8) is 0 Å². The molecule has 26 heavy (non-hydrogen) atoms. The summed E-state index contributed by atoms with van der Waals surface area (Å²) < 4.78 is 42.2. The Morgan fingerprint density at radius 3 is 2.08 bits per heavy atom. The lowest BCUT2D eigenvalue weighted by Gasteiger charge is -2.15. The SMILES string of the molecule is CCCC(CC)NS(=O)c1ccc(-c2ccc(C(F)(F)C#N)cc2)cc1. The second-order valence-corrected chi connectivity index (χ2v) is 7.31. The Bertz CT molecular complexity index is 783. The average Bonchev–Trinajstić information content (AvgIpc) is 2.67. The van der Waals surface area contributed by atoms with Crippen molar-refractivity contribution in [2.24, 2.45) is 0 Å². The van der Waals surface area contributed by atoms with Crippen LogP contribution in [0.1, 0.15) is 38.7 Å². The Morgan fingerprint density at radius 2 is 1.62 bits per heavy atom. The van der Waals surface area contributed by atoms with E-state index in [9.17, 15) is 13.0 Å². The zero-order valence-corrected chi connectivity index (χ0v) is 15.7. The van der Waals surface area contributed by atoms with Crippen LogP contribution in [0.5, 0.6) is 0 Å². The first-order chi connectivity index (χ1) is 12.4. The van der Waals surface area contributed by atoms with Gasteiger partial charge < -0.3 is 0 Å². The van der Waals surface area contributed by atoms with Crippen molar-refractivity contribution in [1.29, 1.82) is 5.26 Å². The van der Waals surface area contributed by atoms with E-state index in [2.05, 4.69) is 18.6 Å². The summed E-state index contributed by atoms with van der Waals surface area (Å²) >= 11 is 0. The Morgan fingerprint density at radius 1 is 1.08 bits per heavy atom. The molecule has 0 fully saturated rings. The van der Waals surface area contributed by atoms with Crippen LogP contribution in [-0.4, -0.2) is 10.3 Å². The van der Waals surface area contributed by atoms with Crippen LogP contribution in [0, 0.1) is 11.3 Å². The molecule has 0 aromatic heterocycles. The van der Waals surface area contributed by atoms with E-state index >= 15 is 0 Å². The number of nitrogens with one attached hydrogen (secondary N) is 1. The molecule has 0 saturated heterocycles. The molecule has 0 spiro atoms. The first-order valence-corrected chi connectivity index (χ1v) is 9.74. The summed E-state index contributed by atoms with van der Waals surface area (Å²) in [5.74, 6) is -3.49. The molecule has 0 radical (unpaired) electrons. The lowest BCUT2D eigenvalue weighted by molar-refractivity contribution is 0.0613. The lowest BCUT2D eigenvalue weighted by atomic mass is 10.0. The second kappa shape index (κ2) is 9.02. The molecule has 2 aromatic rings. The first-order valence-electron chi connectivity index (χ1n) is 8.59. The van der Waals surface area contributed by atoms with Gasteiger partial charge in [0.25, 0.3) is 0 Å². The highest BCUT2D eigenvalue weighted by Gasteiger charge is 2.30. The fraction of sp³-hybridized carbons (Fsp3) is 0.350. The maximum absolute atomic E-state index is 13.3. The molecule has 2 rings (SSSR count). The molecule has 0 aliphatic carbocycles. The molecule has 138 valence electrons. The van der Waals surface area contributed by atoms with E-state index in [1.54, 1.807) is 24.3 Å². The number of hydrogen-bond donors (Lipinski definition) is 1. The number of nitriles is 1. The molecular weight excluding hydrogens is 354 g/mol. The monoisotopic (exact) mass is 376 g/mol. The predicted octanol–water partition coefficient (Wildman–Crippen LogP) is 5.16. The van der Waals surface area contributed by atoms with Crippen molar-refractivity contribution in [3.05, 3.63) is 54.1 Å². The van der Waals surface area contributed by atoms with Gasteiger partial charge in [0.05, 0.1) is 4.90 Å². The molecule has 0 saturated carbocycles. The highest BCUT2D eigenvalue weighted by molar-refractivity contribution is 7.83. The number of hydrogen-bond acceptors (Lipinski definition) is 2. The minimum Gasteiger partial charge on any atom is -0.237 e. The fourth-order valence-electron chi connectivity index (χ4n) is 2.62. The highest BCUT2D eigenvalue weighted by Crippen LogP contribution is 2.29. The third kappa shape index (κ3) is 4.96. The molecule has 0 bridgehead atoms. The van der Waals surface area contributed by atoms with Gasteiger partial charge >= 0.3 is 5.92 Å². The van der Waals surface area contributed by atoms with Gasteiger partial charge in [0, 0.05) is 11.6 Å². The van der Waals surface area contributed by atoms with Crippen LogP contribution in [-0.2, 0) is 16.9 Å². The molecule has 0 aliphatic rings. The Labute approximate surface area is 155 Å². The summed E-state index contributed by atoms with van der Waals surface area (Å²) in [6, 6.07) is 14.0. The van der Waals surface area contributed by atoms with E-state index in [1.807, 2.05) is 12.1 Å². The van der Waals surface area contributed by atoms with E-state index in [0.717, 1.165) is 36.5 Å². The van der Waals surface area contributed by atoms with Gasteiger partial charge in [-0.25, -0.2) is 8.93 Å². The second-order valence-electron chi connectivity index (χ2n) is 6.07. The standard InChI is InChI=1S/C20H22F2N2OS/c1-3-5-18(4-2)24-26(25)19-12-8-16(9-13-19)15-6-10-17(11-7-15)20(21,22)14-23/h6-13,18,24H,3-5H2,1-2H3. The summed E-state index contributed by atoms with van der Waals surface area (Å²) in [4.78, 5) is 0.677. The maximum atomic E-state index is 13.3. The van der Waals surface area contributed by atoms with Crippen molar-refractivity contribution in [2.75, 3.05) is 0 Å². The van der Waals surface area contributed by atoms with Crippen molar-refractivity contribution in [2.45, 2.75) is 50.0 Å². The number of nitrogens with zero attached hydrogens (tertiary/aromatic N) is 1. The van der Waals surface area contributed by atoms with E-state index in [1.165, 1.54) is 12.1 Å². The number of alkyl halides is 2. The largest absolute Gasteiger partial charge is 0.357 e. The summed E-state index contributed by atoms with van der Waals surface area (Å²) in [7, 11) is -1.28. The smallest absolute Gasteiger partial charge is 0.237 e. The van der Waals surface area contributed by atoms with Crippen molar-refractivity contribution in [3.8, 4) is 17.2 Å². The summed E-state index contributed by atoms with van der Waals surface area (Å²) in [5.41, 5.74) is 1.26. The number of rotatable bonds is 8.